The SMILES string of the molecule is O=C(NNC(=O)C1Cc2ccccc2S1)c1cc2c(s1)CCCCCC2. The summed E-state index contributed by atoms with van der Waals surface area (Å²) in [5.41, 5.74) is 7.72. The van der Waals surface area contributed by atoms with E-state index in [0.29, 0.717) is 11.3 Å². The number of hydrogen-bond acceptors (Lipinski definition) is 4. The van der Waals surface area contributed by atoms with Gasteiger partial charge in [0.2, 0.25) is 0 Å². The van der Waals surface area contributed by atoms with E-state index >= 15 is 0 Å². The van der Waals surface area contributed by atoms with Crippen molar-refractivity contribution in [1.29, 1.82) is 0 Å². The molecule has 2 amide bonds. The van der Waals surface area contributed by atoms with E-state index in [-0.39, 0.29) is 17.1 Å². The second kappa shape index (κ2) is 7.84. The molecule has 26 heavy (non-hydrogen) atoms. The van der Waals surface area contributed by atoms with Crippen molar-refractivity contribution in [3.8, 4) is 0 Å². The minimum absolute atomic E-state index is 0.144. The number of fused-ring (bicyclic) bond motifs is 2. The van der Waals surface area contributed by atoms with Crippen molar-refractivity contribution >= 4 is 34.9 Å². The molecule has 6 heteroatoms. The van der Waals surface area contributed by atoms with Gasteiger partial charge in [-0.15, -0.1) is 23.1 Å². The highest BCUT2D eigenvalue weighted by atomic mass is 32.2. The fourth-order valence-corrected chi connectivity index (χ4v) is 5.89. The normalized spacial score (nSPS) is 19.0. The predicted molar refractivity (Wildman–Crippen MR) is 106 cm³/mol. The van der Waals surface area contributed by atoms with Gasteiger partial charge in [-0.2, -0.15) is 0 Å². The van der Waals surface area contributed by atoms with Crippen molar-refractivity contribution in [1.82, 2.24) is 10.9 Å². The van der Waals surface area contributed by atoms with Crippen LogP contribution in [-0.4, -0.2) is 17.1 Å². The van der Waals surface area contributed by atoms with Crippen molar-refractivity contribution in [2.75, 3.05) is 0 Å². The minimum Gasteiger partial charge on any atom is -0.272 e. The summed E-state index contributed by atoms with van der Waals surface area (Å²) in [6.45, 7) is 0. The third-order valence-electron chi connectivity index (χ3n) is 4.96. The lowest BCUT2D eigenvalue weighted by Crippen LogP contribution is -2.45. The Morgan fingerprint density at radius 2 is 1.77 bits per heavy atom. The number of carbonyl (C=O) groups is 2. The number of aryl methyl sites for hydroxylation is 2. The number of amides is 2. The monoisotopic (exact) mass is 386 g/mol. The fraction of sp³-hybridized carbons (Fsp3) is 0.400. The summed E-state index contributed by atoms with van der Waals surface area (Å²) in [6.07, 6.45) is 7.77. The zero-order chi connectivity index (χ0) is 17.9. The second-order valence-corrected chi connectivity index (χ2v) is 9.22. The maximum Gasteiger partial charge on any atom is 0.279 e. The van der Waals surface area contributed by atoms with Crippen LogP contribution in [0.2, 0.25) is 0 Å². The van der Waals surface area contributed by atoms with E-state index in [1.165, 1.54) is 41.7 Å². The molecule has 0 saturated carbocycles. The molecule has 1 unspecified atom stereocenters. The first-order chi connectivity index (χ1) is 12.7. The number of benzene rings is 1. The number of nitrogens with one attached hydrogen (secondary N) is 2. The van der Waals surface area contributed by atoms with Crippen LogP contribution in [0, 0.1) is 0 Å². The molecule has 0 bridgehead atoms. The summed E-state index contributed by atoms with van der Waals surface area (Å²) in [5.74, 6) is -0.356. The first-order valence-electron chi connectivity index (χ1n) is 9.17. The Bertz CT molecular complexity index is 780. The van der Waals surface area contributed by atoms with Crippen LogP contribution in [0.25, 0.3) is 0 Å². The van der Waals surface area contributed by atoms with Gasteiger partial charge in [0.25, 0.3) is 11.8 Å². The molecule has 136 valence electrons. The van der Waals surface area contributed by atoms with Gasteiger partial charge >= 0.3 is 0 Å². The lowest BCUT2D eigenvalue weighted by Gasteiger charge is -2.10. The van der Waals surface area contributed by atoms with Gasteiger partial charge in [-0.1, -0.05) is 31.0 Å². The van der Waals surface area contributed by atoms with Gasteiger partial charge in [0.1, 0.15) is 0 Å². The van der Waals surface area contributed by atoms with Gasteiger partial charge in [-0.3, -0.25) is 20.4 Å². The number of thioether (sulfide) groups is 1. The van der Waals surface area contributed by atoms with Crippen LogP contribution in [0.4, 0.5) is 0 Å². The highest BCUT2D eigenvalue weighted by molar-refractivity contribution is 8.01. The van der Waals surface area contributed by atoms with E-state index in [1.807, 2.05) is 24.3 Å². The summed E-state index contributed by atoms with van der Waals surface area (Å²) in [4.78, 5) is 28.0. The third-order valence-corrected chi connectivity index (χ3v) is 7.51. The molecule has 1 atom stereocenters. The molecule has 2 aromatic rings. The lowest BCUT2D eigenvalue weighted by molar-refractivity contribution is -0.121. The molecule has 2 heterocycles. The first kappa shape index (κ1) is 17.6. The summed E-state index contributed by atoms with van der Waals surface area (Å²) in [5, 5.41) is -0.184. The van der Waals surface area contributed by atoms with E-state index in [9.17, 15) is 9.59 Å². The molecular weight excluding hydrogens is 364 g/mol. The second-order valence-electron chi connectivity index (χ2n) is 6.83. The van der Waals surface area contributed by atoms with Gasteiger partial charge in [0.15, 0.2) is 0 Å². The molecule has 0 spiro atoms. The van der Waals surface area contributed by atoms with Crippen LogP contribution in [0.1, 0.15) is 51.4 Å². The average molecular weight is 387 g/mol. The van der Waals surface area contributed by atoms with Crippen molar-refractivity contribution in [2.45, 2.75) is 55.1 Å². The number of hydrazine groups is 1. The Kier molecular flexibility index (Phi) is 5.31. The van der Waals surface area contributed by atoms with Gasteiger partial charge < -0.3 is 0 Å². The van der Waals surface area contributed by atoms with E-state index < -0.39 is 0 Å². The molecule has 1 aliphatic heterocycles. The van der Waals surface area contributed by atoms with Gasteiger partial charge in [0.05, 0.1) is 10.1 Å². The number of hydrogen-bond donors (Lipinski definition) is 2. The summed E-state index contributed by atoms with van der Waals surface area (Å²) < 4.78 is 0. The van der Waals surface area contributed by atoms with Gasteiger partial charge in [-0.25, -0.2) is 0 Å². The highest BCUT2D eigenvalue weighted by Gasteiger charge is 2.28. The molecule has 0 fully saturated rings. The summed E-state index contributed by atoms with van der Waals surface area (Å²) in [7, 11) is 0. The molecule has 2 aliphatic rings. The molecule has 1 aliphatic carbocycles. The predicted octanol–water partition coefficient (Wildman–Crippen LogP) is 3.89. The van der Waals surface area contributed by atoms with Crippen LogP contribution >= 0.6 is 23.1 Å². The first-order valence-corrected chi connectivity index (χ1v) is 10.9. The molecule has 4 rings (SSSR count). The standard InChI is InChI=1S/C20H22N2O2S2/c23-19(17-11-13-7-3-1-2-4-9-15(13)25-17)21-22-20(24)18-12-14-8-5-6-10-16(14)26-18/h5-6,8,10-11,18H,1-4,7,9,12H2,(H,21,23)(H,22,24). The average Bonchev–Trinajstić information content (AvgIpc) is 3.23. The van der Waals surface area contributed by atoms with Crippen LogP contribution in [0.15, 0.2) is 35.2 Å². The van der Waals surface area contributed by atoms with Crippen molar-refractivity contribution in [3.05, 3.63) is 51.2 Å². The molecule has 1 aromatic carbocycles. The van der Waals surface area contributed by atoms with Gasteiger partial charge in [-0.05, 0) is 55.4 Å². The molecule has 1 aromatic heterocycles. The Balaban J connectivity index is 1.34. The zero-order valence-corrected chi connectivity index (χ0v) is 16.2. The maximum atomic E-state index is 12.4. The van der Waals surface area contributed by atoms with E-state index in [2.05, 4.69) is 16.9 Å². The fourth-order valence-electron chi connectivity index (χ4n) is 3.54. The lowest BCUT2D eigenvalue weighted by atomic mass is 10.00. The zero-order valence-electron chi connectivity index (χ0n) is 14.5. The van der Waals surface area contributed by atoms with Crippen LogP contribution < -0.4 is 10.9 Å². The number of thiophene rings is 1. The summed E-state index contributed by atoms with van der Waals surface area (Å²) >= 11 is 3.13. The van der Waals surface area contributed by atoms with E-state index in [0.717, 1.165) is 17.7 Å². The van der Waals surface area contributed by atoms with Crippen molar-refractivity contribution in [2.24, 2.45) is 0 Å². The van der Waals surface area contributed by atoms with Crippen LogP contribution in [0.3, 0.4) is 0 Å². The largest absolute Gasteiger partial charge is 0.279 e. The molecule has 2 N–H and O–H groups in total. The van der Waals surface area contributed by atoms with Crippen LogP contribution in [0.5, 0.6) is 0 Å². The third kappa shape index (κ3) is 3.81. The minimum atomic E-state index is -0.212. The number of rotatable bonds is 2. The van der Waals surface area contributed by atoms with E-state index in [1.54, 1.807) is 23.1 Å². The summed E-state index contributed by atoms with van der Waals surface area (Å²) in [6, 6.07) is 10.1. The van der Waals surface area contributed by atoms with Crippen LogP contribution in [-0.2, 0) is 24.1 Å². The van der Waals surface area contributed by atoms with Gasteiger partial charge in [0, 0.05) is 9.77 Å². The molecule has 0 radical (unpaired) electrons. The topological polar surface area (TPSA) is 58.2 Å². The van der Waals surface area contributed by atoms with E-state index in [4.69, 9.17) is 0 Å². The molecule has 4 nitrogen and oxygen atoms in total. The Hall–Kier alpha value is -1.79. The quantitative estimate of drug-likeness (QED) is 0.770. The molecule has 0 saturated heterocycles. The smallest absolute Gasteiger partial charge is 0.272 e. The number of carbonyl (C=O) groups excluding carboxylic acids is 2. The Labute approximate surface area is 161 Å². The van der Waals surface area contributed by atoms with Crippen molar-refractivity contribution < 1.29 is 9.59 Å². The Morgan fingerprint density at radius 3 is 2.62 bits per heavy atom. The Morgan fingerprint density at radius 1 is 0.962 bits per heavy atom. The maximum absolute atomic E-state index is 12.4. The molecular formula is C20H22N2O2S2. The van der Waals surface area contributed by atoms with Crippen molar-refractivity contribution in [3.63, 3.8) is 0 Å². The highest BCUT2D eigenvalue weighted by Crippen LogP contribution is 2.36.